The molecule has 2 aromatic carbocycles. The molecule has 0 atom stereocenters. The Kier molecular flexibility index (Phi) is 7.32. The zero-order valence-corrected chi connectivity index (χ0v) is 16.9. The van der Waals surface area contributed by atoms with Gasteiger partial charge >= 0.3 is 6.18 Å². The van der Waals surface area contributed by atoms with Crippen LogP contribution in [-0.2, 0) is 24.0 Å². The van der Waals surface area contributed by atoms with Crippen molar-refractivity contribution >= 4 is 11.6 Å². The number of aliphatic imine (C=N–C) groups is 1. The summed E-state index contributed by atoms with van der Waals surface area (Å²) in [7, 11) is 1.43. The first kappa shape index (κ1) is 22.8. The molecule has 2 aromatic rings. The van der Waals surface area contributed by atoms with Crippen LogP contribution < -0.4 is 15.5 Å². The average Bonchev–Trinajstić information content (AvgIpc) is 2.76. The number of hydrogen-bond acceptors (Lipinski definition) is 3. The van der Waals surface area contributed by atoms with Crippen LogP contribution in [0.25, 0.3) is 0 Å². The van der Waals surface area contributed by atoms with E-state index < -0.39 is 23.4 Å². The van der Waals surface area contributed by atoms with Crippen molar-refractivity contribution in [3.8, 4) is 0 Å². The second-order valence-corrected chi connectivity index (χ2v) is 6.95. The highest BCUT2D eigenvalue weighted by molar-refractivity contribution is 5.79. The van der Waals surface area contributed by atoms with Gasteiger partial charge in [0.25, 0.3) is 0 Å². The van der Waals surface area contributed by atoms with Crippen molar-refractivity contribution < 1.29 is 26.7 Å². The summed E-state index contributed by atoms with van der Waals surface area (Å²) in [5.41, 5.74) is -0.128. The Morgan fingerprint density at radius 1 is 1.00 bits per heavy atom. The molecule has 0 amide bonds. The highest BCUT2D eigenvalue weighted by atomic mass is 19.4. The number of morpholine rings is 1. The summed E-state index contributed by atoms with van der Waals surface area (Å²) in [6, 6.07) is 7.28. The number of rotatable bonds is 5. The van der Waals surface area contributed by atoms with Gasteiger partial charge in [0.1, 0.15) is 11.6 Å². The van der Waals surface area contributed by atoms with E-state index in [4.69, 9.17) is 4.74 Å². The number of nitrogens with one attached hydrogen (secondary N) is 2. The predicted octanol–water partition coefficient (Wildman–Crippen LogP) is 3.69. The standard InChI is InChI=1S/C21H23F5N4O/c1-27-20(29-13-15-10-16(22)3-5-19(15)23)28-12-14-2-4-17(11-18(14)21(24,25)26)30-6-8-31-9-7-30/h2-5,10-11H,6-9,12-13H2,1H3,(H2,27,28,29). The number of anilines is 1. The average molecular weight is 442 g/mol. The third-order valence-electron chi connectivity index (χ3n) is 4.90. The first-order chi connectivity index (χ1) is 14.8. The predicted molar refractivity (Wildman–Crippen MR) is 108 cm³/mol. The molecule has 0 aromatic heterocycles. The SMILES string of the molecule is CN=C(NCc1cc(F)ccc1F)NCc1ccc(N2CCOCC2)cc1C(F)(F)F. The molecule has 0 bridgehead atoms. The van der Waals surface area contributed by atoms with Crippen LogP contribution in [0.4, 0.5) is 27.6 Å². The molecule has 3 rings (SSSR count). The minimum atomic E-state index is -4.53. The lowest BCUT2D eigenvalue weighted by Crippen LogP contribution is -2.37. The molecular weight excluding hydrogens is 419 g/mol. The van der Waals surface area contributed by atoms with E-state index in [1.807, 2.05) is 4.90 Å². The molecule has 1 aliphatic rings. The minimum Gasteiger partial charge on any atom is -0.378 e. The summed E-state index contributed by atoms with van der Waals surface area (Å²) >= 11 is 0. The fraction of sp³-hybridized carbons (Fsp3) is 0.381. The number of nitrogens with zero attached hydrogens (tertiary/aromatic N) is 2. The summed E-state index contributed by atoms with van der Waals surface area (Å²) in [4.78, 5) is 5.78. The normalized spacial score (nSPS) is 15.2. The molecule has 31 heavy (non-hydrogen) atoms. The quantitative estimate of drug-likeness (QED) is 0.421. The van der Waals surface area contributed by atoms with Crippen molar-refractivity contribution in [2.75, 3.05) is 38.3 Å². The second kappa shape index (κ2) is 9.95. The minimum absolute atomic E-state index is 0.0457. The molecule has 5 nitrogen and oxygen atoms in total. The lowest BCUT2D eigenvalue weighted by Gasteiger charge is -2.29. The van der Waals surface area contributed by atoms with Crippen LogP contribution in [0.3, 0.4) is 0 Å². The molecule has 168 valence electrons. The van der Waals surface area contributed by atoms with Gasteiger partial charge in [-0.3, -0.25) is 4.99 Å². The van der Waals surface area contributed by atoms with Crippen LogP contribution in [0.2, 0.25) is 0 Å². The lowest BCUT2D eigenvalue weighted by molar-refractivity contribution is -0.138. The molecule has 0 spiro atoms. The molecule has 0 aliphatic carbocycles. The maximum Gasteiger partial charge on any atom is 0.416 e. The van der Waals surface area contributed by atoms with E-state index in [1.165, 1.54) is 13.1 Å². The molecule has 10 heteroatoms. The Morgan fingerprint density at radius 2 is 1.68 bits per heavy atom. The molecule has 0 radical (unpaired) electrons. The van der Waals surface area contributed by atoms with Crippen LogP contribution in [-0.4, -0.2) is 39.3 Å². The second-order valence-electron chi connectivity index (χ2n) is 6.95. The van der Waals surface area contributed by atoms with Gasteiger partial charge < -0.3 is 20.3 Å². The van der Waals surface area contributed by atoms with E-state index in [9.17, 15) is 22.0 Å². The van der Waals surface area contributed by atoms with Gasteiger partial charge in [-0.15, -0.1) is 0 Å². The van der Waals surface area contributed by atoms with E-state index >= 15 is 0 Å². The number of alkyl halides is 3. The van der Waals surface area contributed by atoms with Crippen molar-refractivity contribution in [2.45, 2.75) is 19.3 Å². The fourth-order valence-electron chi connectivity index (χ4n) is 3.26. The number of hydrogen-bond donors (Lipinski definition) is 2. The summed E-state index contributed by atoms with van der Waals surface area (Å²) < 4.78 is 73.3. The molecule has 0 unspecified atom stereocenters. The van der Waals surface area contributed by atoms with Crippen LogP contribution in [0.5, 0.6) is 0 Å². The van der Waals surface area contributed by atoms with Crippen molar-refractivity contribution in [3.63, 3.8) is 0 Å². The van der Waals surface area contributed by atoms with Crippen LogP contribution in [0, 0.1) is 11.6 Å². The third kappa shape index (κ3) is 6.06. The van der Waals surface area contributed by atoms with Crippen LogP contribution in [0.1, 0.15) is 16.7 Å². The number of benzene rings is 2. The van der Waals surface area contributed by atoms with E-state index in [0.717, 1.165) is 24.3 Å². The highest BCUT2D eigenvalue weighted by Gasteiger charge is 2.34. The van der Waals surface area contributed by atoms with Crippen molar-refractivity contribution in [1.29, 1.82) is 0 Å². The van der Waals surface area contributed by atoms with Gasteiger partial charge in [-0.2, -0.15) is 13.2 Å². The van der Waals surface area contributed by atoms with Gasteiger partial charge in [-0.25, -0.2) is 8.78 Å². The first-order valence-corrected chi connectivity index (χ1v) is 9.69. The fourth-order valence-corrected chi connectivity index (χ4v) is 3.26. The Bertz CT molecular complexity index is 926. The smallest absolute Gasteiger partial charge is 0.378 e. The van der Waals surface area contributed by atoms with E-state index in [1.54, 1.807) is 6.07 Å². The Hall–Kier alpha value is -2.88. The molecule has 1 saturated heterocycles. The van der Waals surface area contributed by atoms with Crippen molar-refractivity contribution in [3.05, 3.63) is 64.7 Å². The van der Waals surface area contributed by atoms with Crippen LogP contribution >= 0.6 is 0 Å². The Balaban J connectivity index is 1.69. The summed E-state index contributed by atoms with van der Waals surface area (Å²) in [6.45, 7) is 1.77. The van der Waals surface area contributed by atoms with Gasteiger partial charge in [0.05, 0.1) is 18.8 Å². The third-order valence-corrected chi connectivity index (χ3v) is 4.90. The monoisotopic (exact) mass is 442 g/mol. The van der Waals surface area contributed by atoms with Gasteiger partial charge in [-0.05, 0) is 35.9 Å². The number of guanidine groups is 1. The molecular formula is C21H23F5N4O. The van der Waals surface area contributed by atoms with Crippen molar-refractivity contribution in [1.82, 2.24) is 10.6 Å². The maximum atomic E-state index is 13.7. The van der Waals surface area contributed by atoms with Crippen LogP contribution in [0.15, 0.2) is 41.4 Å². The van der Waals surface area contributed by atoms with Gasteiger partial charge in [0.2, 0.25) is 0 Å². The van der Waals surface area contributed by atoms with E-state index in [0.29, 0.717) is 32.0 Å². The lowest BCUT2D eigenvalue weighted by atomic mass is 10.0. The number of halogens is 5. The van der Waals surface area contributed by atoms with E-state index in [-0.39, 0.29) is 30.2 Å². The number of ether oxygens (including phenoxy) is 1. The molecule has 1 fully saturated rings. The zero-order valence-electron chi connectivity index (χ0n) is 16.9. The Labute approximate surface area is 176 Å². The maximum absolute atomic E-state index is 13.7. The van der Waals surface area contributed by atoms with Gasteiger partial charge in [0.15, 0.2) is 5.96 Å². The van der Waals surface area contributed by atoms with E-state index in [2.05, 4.69) is 15.6 Å². The zero-order chi connectivity index (χ0) is 22.4. The van der Waals surface area contributed by atoms with Gasteiger partial charge in [0, 0.05) is 44.5 Å². The summed E-state index contributed by atoms with van der Waals surface area (Å²) in [5, 5.41) is 5.56. The largest absolute Gasteiger partial charge is 0.416 e. The first-order valence-electron chi connectivity index (χ1n) is 9.69. The van der Waals surface area contributed by atoms with Crippen molar-refractivity contribution in [2.24, 2.45) is 4.99 Å². The van der Waals surface area contributed by atoms with Gasteiger partial charge in [-0.1, -0.05) is 6.07 Å². The Morgan fingerprint density at radius 3 is 2.32 bits per heavy atom. The summed E-state index contributed by atoms with van der Waals surface area (Å²) in [6.07, 6.45) is -4.53. The molecule has 0 saturated carbocycles. The highest BCUT2D eigenvalue weighted by Crippen LogP contribution is 2.35. The molecule has 1 aliphatic heterocycles. The topological polar surface area (TPSA) is 48.9 Å². The summed E-state index contributed by atoms with van der Waals surface area (Å²) in [5.74, 6) is -1.02. The molecule has 1 heterocycles. The molecule has 2 N–H and O–H groups in total.